The molecule has 0 aromatic carbocycles. The van der Waals surface area contributed by atoms with E-state index >= 15 is 0 Å². The van der Waals surface area contributed by atoms with Crippen molar-refractivity contribution in [2.45, 2.75) is 19.8 Å². The van der Waals surface area contributed by atoms with E-state index in [2.05, 4.69) is 11.8 Å². The van der Waals surface area contributed by atoms with Crippen molar-refractivity contribution in [3.05, 3.63) is 0 Å². The summed E-state index contributed by atoms with van der Waals surface area (Å²) in [5.41, 5.74) is 5.45. The summed E-state index contributed by atoms with van der Waals surface area (Å²) in [6.45, 7) is 5.44. The number of hydrogen-bond donors (Lipinski definition) is 1. The lowest BCUT2D eigenvalue weighted by molar-refractivity contribution is 0.216. The van der Waals surface area contributed by atoms with Crippen molar-refractivity contribution in [1.29, 1.82) is 0 Å². The molecule has 0 atom stereocenters. The molecule has 0 aromatic rings. The molecular weight excluding hydrogens is 156 g/mol. The van der Waals surface area contributed by atoms with Gasteiger partial charge in [0.2, 0.25) is 0 Å². The molecular formula is C8H16N2S. The highest BCUT2D eigenvalue weighted by molar-refractivity contribution is 7.80. The van der Waals surface area contributed by atoms with E-state index in [1.54, 1.807) is 0 Å². The Morgan fingerprint density at radius 2 is 2.09 bits per heavy atom. The molecule has 0 spiro atoms. The van der Waals surface area contributed by atoms with E-state index in [4.69, 9.17) is 18.0 Å². The van der Waals surface area contributed by atoms with E-state index in [9.17, 15) is 0 Å². The molecule has 1 heterocycles. The van der Waals surface area contributed by atoms with Gasteiger partial charge in [0.05, 0.1) is 4.99 Å². The molecule has 0 amide bonds. The Bertz CT molecular complexity index is 139. The lowest BCUT2D eigenvalue weighted by atomic mass is 9.99. The fraction of sp³-hybridized carbons (Fsp3) is 0.875. The van der Waals surface area contributed by atoms with Crippen LogP contribution in [0, 0.1) is 5.92 Å². The molecule has 1 fully saturated rings. The third kappa shape index (κ3) is 3.16. The molecule has 0 saturated carbocycles. The molecule has 0 radical (unpaired) electrons. The number of thiocarbonyl (C=S) groups is 1. The van der Waals surface area contributed by atoms with E-state index in [1.807, 2.05) is 0 Å². The van der Waals surface area contributed by atoms with Crippen molar-refractivity contribution in [3.63, 3.8) is 0 Å². The van der Waals surface area contributed by atoms with Crippen molar-refractivity contribution in [2.24, 2.45) is 11.7 Å². The standard InChI is InChI=1S/C8H16N2S/c1-7-2-4-10(5-3-7)6-8(9)11/h7H,2-6H2,1H3,(H2,9,11). The van der Waals surface area contributed by atoms with Crippen molar-refractivity contribution in [1.82, 2.24) is 4.90 Å². The summed E-state index contributed by atoms with van der Waals surface area (Å²) >= 11 is 4.84. The topological polar surface area (TPSA) is 29.3 Å². The molecule has 0 aromatic heterocycles. The third-order valence-corrected chi connectivity index (χ3v) is 2.38. The minimum absolute atomic E-state index is 0.625. The van der Waals surface area contributed by atoms with E-state index < -0.39 is 0 Å². The smallest absolute Gasteiger partial charge is 0.0870 e. The van der Waals surface area contributed by atoms with Crippen molar-refractivity contribution in [3.8, 4) is 0 Å². The Labute approximate surface area is 73.7 Å². The Morgan fingerprint density at radius 3 is 2.55 bits per heavy atom. The number of hydrogen-bond acceptors (Lipinski definition) is 2. The molecule has 1 aliphatic rings. The van der Waals surface area contributed by atoms with Gasteiger partial charge >= 0.3 is 0 Å². The molecule has 2 N–H and O–H groups in total. The molecule has 0 unspecified atom stereocenters. The summed E-state index contributed by atoms with van der Waals surface area (Å²) in [6, 6.07) is 0. The van der Waals surface area contributed by atoms with Crippen LogP contribution in [0.2, 0.25) is 0 Å². The zero-order chi connectivity index (χ0) is 8.27. The first-order chi connectivity index (χ1) is 5.18. The highest BCUT2D eigenvalue weighted by atomic mass is 32.1. The second-order valence-electron chi connectivity index (χ2n) is 3.42. The van der Waals surface area contributed by atoms with Crippen LogP contribution in [0.5, 0.6) is 0 Å². The van der Waals surface area contributed by atoms with Crippen LogP contribution in [-0.2, 0) is 0 Å². The number of nitrogens with zero attached hydrogens (tertiary/aromatic N) is 1. The number of likely N-dealkylation sites (tertiary alicyclic amines) is 1. The van der Waals surface area contributed by atoms with Gasteiger partial charge in [-0.05, 0) is 31.8 Å². The summed E-state index contributed by atoms with van der Waals surface area (Å²) in [4.78, 5) is 2.96. The molecule has 0 aliphatic carbocycles. The van der Waals surface area contributed by atoms with Gasteiger partial charge in [-0.1, -0.05) is 19.1 Å². The average Bonchev–Trinajstić information content (AvgIpc) is 1.93. The maximum atomic E-state index is 5.45. The normalized spacial score (nSPS) is 21.9. The molecule has 1 rings (SSSR count). The minimum atomic E-state index is 0.625. The third-order valence-electron chi connectivity index (χ3n) is 2.26. The number of piperidine rings is 1. The van der Waals surface area contributed by atoms with Gasteiger partial charge in [0.15, 0.2) is 0 Å². The SMILES string of the molecule is CC1CCN(CC(N)=S)CC1. The largest absolute Gasteiger partial charge is 0.392 e. The zero-order valence-corrected chi connectivity index (χ0v) is 7.86. The van der Waals surface area contributed by atoms with Gasteiger partial charge in [0, 0.05) is 6.54 Å². The van der Waals surface area contributed by atoms with Crippen LogP contribution in [0.25, 0.3) is 0 Å². The Kier molecular flexibility index (Phi) is 3.27. The van der Waals surface area contributed by atoms with Gasteiger partial charge in [0.1, 0.15) is 0 Å². The van der Waals surface area contributed by atoms with Crippen LogP contribution in [0.4, 0.5) is 0 Å². The van der Waals surface area contributed by atoms with Crippen LogP contribution in [0.3, 0.4) is 0 Å². The monoisotopic (exact) mass is 172 g/mol. The van der Waals surface area contributed by atoms with Gasteiger partial charge in [-0.25, -0.2) is 0 Å². The molecule has 0 bridgehead atoms. The summed E-state index contributed by atoms with van der Waals surface area (Å²) in [5, 5.41) is 0. The maximum absolute atomic E-state index is 5.45. The van der Waals surface area contributed by atoms with E-state index in [1.165, 1.54) is 25.9 Å². The van der Waals surface area contributed by atoms with Crippen LogP contribution < -0.4 is 5.73 Å². The van der Waals surface area contributed by atoms with Gasteiger partial charge in [-0.15, -0.1) is 0 Å². The Hall–Kier alpha value is -0.150. The maximum Gasteiger partial charge on any atom is 0.0870 e. The van der Waals surface area contributed by atoms with Crippen LogP contribution in [0.15, 0.2) is 0 Å². The van der Waals surface area contributed by atoms with Crippen LogP contribution in [-0.4, -0.2) is 29.5 Å². The second-order valence-corrected chi connectivity index (χ2v) is 3.95. The lowest BCUT2D eigenvalue weighted by Crippen LogP contribution is -2.38. The second kappa shape index (κ2) is 4.02. The van der Waals surface area contributed by atoms with Crippen LogP contribution >= 0.6 is 12.2 Å². The van der Waals surface area contributed by atoms with E-state index in [0.29, 0.717) is 4.99 Å². The molecule has 1 aliphatic heterocycles. The summed E-state index contributed by atoms with van der Waals surface area (Å²) in [7, 11) is 0. The van der Waals surface area contributed by atoms with Gasteiger partial charge in [-0.3, -0.25) is 4.90 Å². The molecule has 11 heavy (non-hydrogen) atoms. The van der Waals surface area contributed by atoms with Crippen molar-refractivity contribution >= 4 is 17.2 Å². The fourth-order valence-corrected chi connectivity index (χ4v) is 1.62. The fourth-order valence-electron chi connectivity index (χ4n) is 1.44. The Morgan fingerprint density at radius 1 is 1.55 bits per heavy atom. The summed E-state index contributed by atoms with van der Waals surface area (Å²) in [6.07, 6.45) is 2.59. The van der Waals surface area contributed by atoms with Crippen molar-refractivity contribution < 1.29 is 0 Å². The minimum Gasteiger partial charge on any atom is -0.392 e. The first-order valence-corrected chi connectivity index (χ1v) is 4.60. The summed E-state index contributed by atoms with van der Waals surface area (Å²) < 4.78 is 0. The van der Waals surface area contributed by atoms with Gasteiger partial charge < -0.3 is 5.73 Å². The van der Waals surface area contributed by atoms with E-state index in [0.717, 1.165) is 12.5 Å². The molecule has 1 saturated heterocycles. The molecule has 3 heteroatoms. The lowest BCUT2D eigenvalue weighted by Gasteiger charge is -2.29. The Balaban J connectivity index is 2.22. The highest BCUT2D eigenvalue weighted by Gasteiger charge is 2.15. The highest BCUT2D eigenvalue weighted by Crippen LogP contribution is 2.15. The predicted molar refractivity (Wildman–Crippen MR) is 51.6 cm³/mol. The first kappa shape index (κ1) is 8.94. The van der Waals surface area contributed by atoms with Gasteiger partial charge in [0.25, 0.3) is 0 Å². The quantitative estimate of drug-likeness (QED) is 0.630. The number of nitrogens with two attached hydrogens (primary N) is 1. The van der Waals surface area contributed by atoms with Crippen molar-refractivity contribution in [2.75, 3.05) is 19.6 Å². The van der Waals surface area contributed by atoms with Gasteiger partial charge in [-0.2, -0.15) is 0 Å². The van der Waals surface area contributed by atoms with Crippen LogP contribution in [0.1, 0.15) is 19.8 Å². The number of rotatable bonds is 2. The average molecular weight is 172 g/mol. The first-order valence-electron chi connectivity index (χ1n) is 4.19. The molecule has 64 valence electrons. The zero-order valence-electron chi connectivity index (χ0n) is 7.05. The molecule has 2 nitrogen and oxygen atoms in total. The predicted octanol–water partition coefficient (Wildman–Crippen LogP) is 1.00. The summed E-state index contributed by atoms with van der Waals surface area (Å²) in [5.74, 6) is 0.887. The van der Waals surface area contributed by atoms with E-state index in [-0.39, 0.29) is 0 Å².